The van der Waals surface area contributed by atoms with Gasteiger partial charge in [0, 0.05) is 25.8 Å². The molecule has 0 fully saturated rings. The van der Waals surface area contributed by atoms with E-state index < -0.39 is 0 Å². The molecule has 36 heavy (non-hydrogen) atoms. The summed E-state index contributed by atoms with van der Waals surface area (Å²) in [6.07, 6.45) is 0.980. The highest BCUT2D eigenvalue weighted by atomic mass is 16.2. The Balaban J connectivity index is 1.53. The SMILES string of the molecule is CCc1ccc(N2CC(C)Cn3c2nc2c3c(=O)n(Cc3cccc4ccccc34)c(=O)n2C)cc1. The van der Waals surface area contributed by atoms with E-state index in [1.807, 2.05) is 47.0 Å². The molecule has 6 rings (SSSR count). The van der Waals surface area contributed by atoms with Gasteiger partial charge in [0.1, 0.15) is 0 Å². The second-order valence-corrected chi connectivity index (χ2v) is 9.80. The average molecular weight is 480 g/mol. The van der Waals surface area contributed by atoms with Crippen molar-refractivity contribution in [2.45, 2.75) is 33.4 Å². The van der Waals surface area contributed by atoms with Crippen LogP contribution >= 0.6 is 0 Å². The third kappa shape index (κ3) is 3.46. The highest BCUT2D eigenvalue weighted by Crippen LogP contribution is 2.33. The van der Waals surface area contributed by atoms with E-state index in [4.69, 9.17) is 4.98 Å². The molecule has 0 saturated carbocycles. The molecule has 0 bridgehead atoms. The molecule has 0 N–H and O–H groups in total. The van der Waals surface area contributed by atoms with E-state index in [-0.39, 0.29) is 17.8 Å². The minimum absolute atomic E-state index is 0.209. The van der Waals surface area contributed by atoms with Gasteiger partial charge in [-0.2, -0.15) is 4.98 Å². The van der Waals surface area contributed by atoms with E-state index in [0.717, 1.165) is 35.0 Å². The van der Waals surface area contributed by atoms with Gasteiger partial charge in [0.25, 0.3) is 5.56 Å². The zero-order chi connectivity index (χ0) is 25.0. The molecule has 0 saturated heterocycles. The maximum Gasteiger partial charge on any atom is 0.332 e. The summed E-state index contributed by atoms with van der Waals surface area (Å²) in [5, 5.41) is 2.13. The molecular weight excluding hydrogens is 450 g/mol. The van der Waals surface area contributed by atoms with E-state index in [0.29, 0.717) is 29.6 Å². The summed E-state index contributed by atoms with van der Waals surface area (Å²) in [5.74, 6) is 1.02. The molecule has 0 spiro atoms. The summed E-state index contributed by atoms with van der Waals surface area (Å²) in [4.78, 5) is 34.3. The summed E-state index contributed by atoms with van der Waals surface area (Å²) in [7, 11) is 1.70. The van der Waals surface area contributed by atoms with Gasteiger partial charge in [-0.05, 0) is 46.4 Å². The molecule has 0 aliphatic carbocycles. The first-order valence-corrected chi connectivity index (χ1v) is 12.5. The van der Waals surface area contributed by atoms with Crippen LogP contribution in [-0.4, -0.2) is 25.2 Å². The zero-order valence-electron chi connectivity index (χ0n) is 20.8. The highest BCUT2D eigenvalue weighted by Gasteiger charge is 2.30. The second-order valence-electron chi connectivity index (χ2n) is 9.80. The third-order valence-corrected chi connectivity index (χ3v) is 7.31. The second kappa shape index (κ2) is 8.52. The summed E-state index contributed by atoms with van der Waals surface area (Å²) in [6, 6.07) is 22.5. The van der Waals surface area contributed by atoms with Gasteiger partial charge >= 0.3 is 5.69 Å². The number of aromatic nitrogens is 4. The van der Waals surface area contributed by atoms with Crippen LogP contribution in [0.5, 0.6) is 0 Å². The van der Waals surface area contributed by atoms with Gasteiger partial charge in [0.15, 0.2) is 11.2 Å². The summed E-state index contributed by atoms with van der Waals surface area (Å²) >= 11 is 0. The molecule has 2 aromatic heterocycles. The van der Waals surface area contributed by atoms with Crippen molar-refractivity contribution in [2.24, 2.45) is 13.0 Å². The van der Waals surface area contributed by atoms with Crippen molar-refractivity contribution in [3.63, 3.8) is 0 Å². The Morgan fingerprint density at radius 3 is 2.47 bits per heavy atom. The van der Waals surface area contributed by atoms with E-state index in [1.54, 1.807) is 7.05 Å². The van der Waals surface area contributed by atoms with Crippen LogP contribution in [0.4, 0.5) is 11.6 Å². The van der Waals surface area contributed by atoms with Crippen molar-refractivity contribution in [2.75, 3.05) is 11.4 Å². The molecule has 7 heteroatoms. The minimum Gasteiger partial charge on any atom is -0.312 e. The first-order valence-electron chi connectivity index (χ1n) is 12.5. The van der Waals surface area contributed by atoms with Crippen LogP contribution in [0.3, 0.4) is 0 Å². The van der Waals surface area contributed by atoms with Crippen molar-refractivity contribution in [3.05, 3.63) is 98.7 Å². The Hall–Kier alpha value is -4.13. The third-order valence-electron chi connectivity index (χ3n) is 7.31. The van der Waals surface area contributed by atoms with Crippen LogP contribution in [-0.2, 0) is 26.6 Å². The Bertz CT molecular complexity index is 1720. The predicted octanol–water partition coefficient (Wildman–Crippen LogP) is 4.45. The van der Waals surface area contributed by atoms with Crippen LogP contribution in [0.25, 0.3) is 21.9 Å². The van der Waals surface area contributed by atoms with Crippen molar-refractivity contribution in [1.29, 1.82) is 0 Å². The molecule has 0 radical (unpaired) electrons. The smallest absolute Gasteiger partial charge is 0.312 e. The fourth-order valence-corrected chi connectivity index (χ4v) is 5.37. The van der Waals surface area contributed by atoms with Crippen molar-refractivity contribution >= 4 is 33.6 Å². The molecule has 1 unspecified atom stereocenters. The largest absolute Gasteiger partial charge is 0.332 e. The lowest BCUT2D eigenvalue weighted by atomic mass is 10.0. The van der Waals surface area contributed by atoms with E-state index in [9.17, 15) is 9.59 Å². The van der Waals surface area contributed by atoms with Gasteiger partial charge in [-0.25, -0.2) is 4.79 Å². The monoisotopic (exact) mass is 479 g/mol. The molecular formula is C29H29N5O2. The molecule has 3 heterocycles. The first kappa shape index (κ1) is 22.3. The van der Waals surface area contributed by atoms with Crippen LogP contribution in [0.1, 0.15) is 25.0 Å². The van der Waals surface area contributed by atoms with E-state index >= 15 is 0 Å². The number of aryl methyl sites for hydroxylation is 2. The molecule has 0 amide bonds. The van der Waals surface area contributed by atoms with Gasteiger partial charge in [0.05, 0.1) is 6.54 Å². The standard InChI is InChI=1S/C29H29N5O2/c1-4-20-12-14-23(15-13-20)32-16-19(2)17-33-25-26(30-28(32)33)31(3)29(36)34(27(25)35)18-22-10-7-9-21-8-5-6-11-24(21)22/h5-15,19H,4,16-18H2,1-3H3. The van der Waals surface area contributed by atoms with Crippen LogP contribution in [0.2, 0.25) is 0 Å². The molecule has 1 aliphatic rings. The van der Waals surface area contributed by atoms with E-state index in [2.05, 4.69) is 43.0 Å². The lowest BCUT2D eigenvalue weighted by molar-refractivity contribution is 0.458. The molecule has 5 aromatic rings. The van der Waals surface area contributed by atoms with Crippen molar-refractivity contribution in [1.82, 2.24) is 18.7 Å². The summed E-state index contributed by atoms with van der Waals surface area (Å²) < 4.78 is 4.85. The number of fused-ring (bicyclic) bond motifs is 4. The average Bonchev–Trinajstić information content (AvgIpc) is 3.29. The van der Waals surface area contributed by atoms with Gasteiger partial charge < -0.3 is 9.47 Å². The van der Waals surface area contributed by atoms with Crippen molar-refractivity contribution < 1.29 is 0 Å². The van der Waals surface area contributed by atoms with Crippen LogP contribution in [0.15, 0.2) is 76.3 Å². The van der Waals surface area contributed by atoms with Crippen LogP contribution in [0, 0.1) is 5.92 Å². The molecule has 1 aliphatic heterocycles. The van der Waals surface area contributed by atoms with Crippen molar-refractivity contribution in [3.8, 4) is 0 Å². The number of rotatable bonds is 4. The maximum absolute atomic E-state index is 13.9. The predicted molar refractivity (Wildman–Crippen MR) is 144 cm³/mol. The Kier molecular flexibility index (Phi) is 5.29. The number of benzene rings is 3. The maximum atomic E-state index is 13.9. The fraction of sp³-hybridized carbons (Fsp3) is 0.276. The first-order chi connectivity index (χ1) is 17.5. The lowest BCUT2D eigenvalue weighted by Gasteiger charge is -2.33. The summed E-state index contributed by atoms with van der Waals surface area (Å²) in [5.41, 5.74) is 3.51. The van der Waals surface area contributed by atoms with Gasteiger partial charge in [-0.15, -0.1) is 0 Å². The number of hydrogen-bond acceptors (Lipinski definition) is 4. The Morgan fingerprint density at radius 1 is 0.944 bits per heavy atom. The number of imidazole rings is 1. The fourth-order valence-electron chi connectivity index (χ4n) is 5.37. The molecule has 1 atom stereocenters. The van der Waals surface area contributed by atoms with Gasteiger partial charge in [-0.3, -0.25) is 13.9 Å². The zero-order valence-corrected chi connectivity index (χ0v) is 20.8. The Morgan fingerprint density at radius 2 is 1.69 bits per heavy atom. The molecule has 182 valence electrons. The van der Waals surface area contributed by atoms with Crippen LogP contribution < -0.4 is 16.1 Å². The minimum atomic E-state index is -0.359. The lowest BCUT2D eigenvalue weighted by Crippen LogP contribution is -2.40. The summed E-state index contributed by atoms with van der Waals surface area (Å²) in [6.45, 7) is 6.01. The van der Waals surface area contributed by atoms with Gasteiger partial charge in [0.2, 0.25) is 5.95 Å². The number of nitrogens with zero attached hydrogens (tertiary/aromatic N) is 5. The molecule has 3 aromatic carbocycles. The molecule has 7 nitrogen and oxygen atoms in total. The van der Waals surface area contributed by atoms with Gasteiger partial charge in [-0.1, -0.05) is 68.4 Å². The normalized spacial score (nSPS) is 15.5. The Labute approximate surface area is 208 Å². The topological polar surface area (TPSA) is 65.1 Å². The number of hydrogen-bond donors (Lipinski definition) is 0. The quantitative estimate of drug-likeness (QED) is 0.382. The highest BCUT2D eigenvalue weighted by molar-refractivity contribution is 5.85. The number of anilines is 2. The van der Waals surface area contributed by atoms with E-state index in [1.165, 1.54) is 14.7 Å².